The lowest BCUT2D eigenvalue weighted by Crippen LogP contribution is -2.40. The van der Waals surface area contributed by atoms with Gasteiger partial charge in [-0.3, -0.25) is 0 Å². The average Bonchev–Trinajstić information content (AvgIpc) is 2.63. The van der Waals surface area contributed by atoms with Crippen LogP contribution in [0.1, 0.15) is 25.7 Å². The number of nitrogens with zero attached hydrogens (tertiary/aromatic N) is 1. The fraction of sp³-hybridized carbons (Fsp3) is 1.00. The number of hydrogen-bond donors (Lipinski definition) is 1. The van der Waals surface area contributed by atoms with Gasteiger partial charge in [0.2, 0.25) is 0 Å². The molecule has 1 saturated carbocycles. The average molecular weight is 248 g/mol. The second kappa shape index (κ2) is 5.47. The van der Waals surface area contributed by atoms with E-state index in [1.807, 2.05) is 7.05 Å². The van der Waals surface area contributed by atoms with E-state index >= 15 is 0 Å². The molecule has 1 fully saturated rings. The zero-order valence-electron chi connectivity index (χ0n) is 10.4. The predicted molar refractivity (Wildman–Crippen MR) is 67.2 cm³/mol. The van der Waals surface area contributed by atoms with Crippen LogP contribution in [-0.4, -0.2) is 52.0 Å². The summed E-state index contributed by atoms with van der Waals surface area (Å²) in [6, 6.07) is 0. The lowest BCUT2D eigenvalue weighted by molar-refractivity contribution is 0.191. The molecule has 0 amide bonds. The summed E-state index contributed by atoms with van der Waals surface area (Å²) < 4.78 is 22.1. The molecular weight excluding hydrogens is 224 g/mol. The first-order valence-corrected chi connectivity index (χ1v) is 7.99. The van der Waals surface area contributed by atoms with Crippen molar-refractivity contribution >= 4 is 9.84 Å². The van der Waals surface area contributed by atoms with Gasteiger partial charge in [-0.25, -0.2) is 8.42 Å². The van der Waals surface area contributed by atoms with E-state index < -0.39 is 9.84 Å². The quantitative estimate of drug-likeness (QED) is 0.743. The van der Waals surface area contributed by atoms with Gasteiger partial charge in [-0.2, -0.15) is 0 Å². The Labute approximate surface area is 99.1 Å². The van der Waals surface area contributed by atoms with Crippen molar-refractivity contribution in [2.24, 2.45) is 11.1 Å². The maximum Gasteiger partial charge on any atom is 0.148 e. The Morgan fingerprint density at radius 1 is 1.31 bits per heavy atom. The molecule has 0 saturated heterocycles. The number of nitrogens with two attached hydrogens (primary N) is 1. The molecule has 0 aromatic carbocycles. The van der Waals surface area contributed by atoms with Crippen LogP contribution in [-0.2, 0) is 9.84 Å². The molecular formula is C11H24N2O2S. The van der Waals surface area contributed by atoms with Crippen LogP contribution in [0.3, 0.4) is 0 Å². The molecule has 0 spiro atoms. The molecule has 5 heteroatoms. The summed E-state index contributed by atoms with van der Waals surface area (Å²) in [5.41, 5.74) is 6.10. The Hall–Kier alpha value is -0.130. The highest BCUT2D eigenvalue weighted by Gasteiger charge is 2.33. The Bertz CT molecular complexity index is 308. The summed E-state index contributed by atoms with van der Waals surface area (Å²) in [5.74, 6) is 0.240. The van der Waals surface area contributed by atoms with Crippen LogP contribution in [0.2, 0.25) is 0 Å². The van der Waals surface area contributed by atoms with Crippen molar-refractivity contribution in [2.75, 3.05) is 38.7 Å². The summed E-state index contributed by atoms with van der Waals surface area (Å²) in [5, 5.41) is 0. The zero-order valence-corrected chi connectivity index (χ0v) is 11.2. The third kappa shape index (κ3) is 4.39. The Kier molecular flexibility index (Phi) is 4.76. The Morgan fingerprint density at radius 2 is 1.88 bits per heavy atom. The van der Waals surface area contributed by atoms with Gasteiger partial charge in [-0.05, 0) is 31.8 Å². The molecule has 2 N–H and O–H groups in total. The largest absolute Gasteiger partial charge is 0.330 e. The van der Waals surface area contributed by atoms with E-state index in [0.29, 0.717) is 6.54 Å². The highest BCUT2D eigenvalue weighted by molar-refractivity contribution is 7.90. The van der Waals surface area contributed by atoms with Crippen molar-refractivity contribution in [3.8, 4) is 0 Å². The molecule has 96 valence electrons. The monoisotopic (exact) mass is 248 g/mol. The van der Waals surface area contributed by atoms with Crippen molar-refractivity contribution in [1.29, 1.82) is 0 Å². The van der Waals surface area contributed by atoms with Crippen molar-refractivity contribution in [3.05, 3.63) is 0 Å². The van der Waals surface area contributed by atoms with E-state index in [-0.39, 0.29) is 11.2 Å². The second-order valence-corrected chi connectivity index (χ2v) is 7.54. The van der Waals surface area contributed by atoms with Crippen LogP contribution in [0.5, 0.6) is 0 Å². The molecule has 0 radical (unpaired) electrons. The minimum atomic E-state index is -2.85. The van der Waals surface area contributed by atoms with Gasteiger partial charge in [0.15, 0.2) is 0 Å². The third-order valence-electron chi connectivity index (χ3n) is 3.55. The molecule has 16 heavy (non-hydrogen) atoms. The topological polar surface area (TPSA) is 63.4 Å². The van der Waals surface area contributed by atoms with Crippen molar-refractivity contribution in [2.45, 2.75) is 25.7 Å². The SMILES string of the molecule is CN(CCS(C)(=O)=O)CC1(CN)CCCC1. The van der Waals surface area contributed by atoms with E-state index in [0.717, 1.165) is 13.1 Å². The van der Waals surface area contributed by atoms with Crippen molar-refractivity contribution in [1.82, 2.24) is 4.90 Å². The van der Waals surface area contributed by atoms with E-state index in [1.165, 1.54) is 31.9 Å². The van der Waals surface area contributed by atoms with E-state index in [1.54, 1.807) is 0 Å². The lowest BCUT2D eigenvalue weighted by atomic mass is 9.86. The van der Waals surface area contributed by atoms with Crippen LogP contribution in [0.4, 0.5) is 0 Å². The van der Waals surface area contributed by atoms with Gasteiger partial charge < -0.3 is 10.6 Å². The van der Waals surface area contributed by atoms with Crippen molar-refractivity contribution in [3.63, 3.8) is 0 Å². The summed E-state index contributed by atoms with van der Waals surface area (Å²) in [6.45, 7) is 2.26. The van der Waals surface area contributed by atoms with Crippen LogP contribution >= 0.6 is 0 Å². The summed E-state index contributed by atoms with van der Waals surface area (Å²) >= 11 is 0. The summed E-state index contributed by atoms with van der Waals surface area (Å²) in [7, 11) is -0.865. The fourth-order valence-electron chi connectivity index (χ4n) is 2.53. The minimum absolute atomic E-state index is 0.240. The highest BCUT2D eigenvalue weighted by Crippen LogP contribution is 2.37. The molecule has 1 rings (SSSR count). The first-order chi connectivity index (χ1) is 7.37. The summed E-state index contributed by atoms with van der Waals surface area (Å²) in [6.07, 6.45) is 6.18. The molecule has 0 heterocycles. The minimum Gasteiger partial charge on any atom is -0.330 e. The second-order valence-electron chi connectivity index (χ2n) is 5.28. The van der Waals surface area contributed by atoms with Crippen LogP contribution < -0.4 is 5.73 Å². The van der Waals surface area contributed by atoms with E-state index in [9.17, 15) is 8.42 Å². The molecule has 0 bridgehead atoms. The smallest absolute Gasteiger partial charge is 0.148 e. The standard InChI is InChI=1S/C11H24N2O2S/c1-13(7-8-16(2,14)15)10-11(9-12)5-3-4-6-11/h3-10,12H2,1-2H3. The van der Waals surface area contributed by atoms with Crippen LogP contribution in [0, 0.1) is 5.41 Å². The van der Waals surface area contributed by atoms with Crippen LogP contribution in [0.15, 0.2) is 0 Å². The van der Waals surface area contributed by atoms with Gasteiger partial charge in [-0.15, -0.1) is 0 Å². The normalized spacial score (nSPS) is 20.5. The third-order valence-corrected chi connectivity index (χ3v) is 4.47. The van der Waals surface area contributed by atoms with E-state index in [2.05, 4.69) is 4.90 Å². The van der Waals surface area contributed by atoms with Gasteiger partial charge in [0.25, 0.3) is 0 Å². The number of sulfone groups is 1. The van der Waals surface area contributed by atoms with Gasteiger partial charge in [-0.1, -0.05) is 12.8 Å². The van der Waals surface area contributed by atoms with Gasteiger partial charge in [0.05, 0.1) is 5.75 Å². The van der Waals surface area contributed by atoms with Gasteiger partial charge >= 0.3 is 0 Å². The first-order valence-electron chi connectivity index (χ1n) is 5.93. The molecule has 0 aromatic heterocycles. The van der Waals surface area contributed by atoms with Gasteiger partial charge in [0.1, 0.15) is 9.84 Å². The van der Waals surface area contributed by atoms with Gasteiger partial charge in [0, 0.05) is 19.3 Å². The predicted octanol–water partition coefficient (Wildman–Crippen LogP) is 0.482. The first kappa shape index (κ1) is 13.9. The maximum atomic E-state index is 11.1. The lowest BCUT2D eigenvalue weighted by Gasteiger charge is -2.32. The molecule has 0 aromatic rings. The molecule has 0 atom stereocenters. The number of hydrogen-bond acceptors (Lipinski definition) is 4. The Balaban J connectivity index is 2.40. The molecule has 0 aliphatic heterocycles. The van der Waals surface area contributed by atoms with E-state index in [4.69, 9.17) is 5.73 Å². The molecule has 0 unspecified atom stereocenters. The molecule has 1 aliphatic carbocycles. The van der Waals surface area contributed by atoms with Crippen molar-refractivity contribution < 1.29 is 8.42 Å². The summed E-state index contributed by atoms with van der Waals surface area (Å²) in [4.78, 5) is 2.11. The number of rotatable bonds is 6. The van der Waals surface area contributed by atoms with Crippen LogP contribution in [0.25, 0.3) is 0 Å². The Morgan fingerprint density at radius 3 is 2.31 bits per heavy atom. The zero-order chi connectivity index (χ0) is 12.2. The molecule has 4 nitrogen and oxygen atoms in total. The highest BCUT2D eigenvalue weighted by atomic mass is 32.2. The maximum absolute atomic E-state index is 11.1. The molecule has 1 aliphatic rings. The fourth-order valence-corrected chi connectivity index (χ4v) is 3.17.